The summed E-state index contributed by atoms with van der Waals surface area (Å²) in [5.74, 6) is 0. The Labute approximate surface area is 87.4 Å². The third-order valence-corrected chi connectivity index (χ3v) is 2.61. The van der Waals surface area contributed by atoms with Crippen molar-refractivity contribution in [2.24, 2.45) is 0 Å². The van der Waals surface area contributed by atoms with Crippen LogP contribution in [-0.4, -0.2) is 22.9 Å². The molecule has 14 heavy (non-hydrogen) atoms. The molecule has 0 fully saturated rings. The SMILES string of the molecule is CCCCCCCCO[Si](=O)OOC. The average molecular weight is 220 g/mol. The van der Waals surface area contributed by atoms with E-state index in [1.54, 1.807) is 0 Å². The fraction of sp³-hybridized carbons (Fsp3) is 1.00. The zero-order valence-corrected chi connectivity index (χ0v) is 10.1. The molecule has 0 saturated heterocycles. The summed E-state index contributed by atoms with van der Waals surface area (Å²) in [5, 5.41) is 0. The van der Waals surface area contributed by atoms with Gasteiger partial charge in [-0.05, 0) is 6.42 Å². The van der Waals surface area contributed by atoms with Crippen molar-refractivity contribution in [2.75, 3.05) is 13.7 Å². The van der Waals surface area contributed by atoms with E-state index in [4.69, 9.17) is 4.43 Å². The molecular weight excluding hydrogens is 200 g/mol. The third kappa shape index (κ3) is 9.66. The van der Waals surface area contributed by atoms with Crippen LogP contribution in [0.3, 0.4) is 0 Å². The smallest absolute Gasteiger partial charge is 0.495 e. The molecule has 0 spiro atoms. The van der Waals surface area contributed by atoms with Crippen molar-refractivity contribution in [1.82, 2.24) is 0 Å². The van der Waals surface area contributed by atoms with Gasteiger partial charge in [0.25, 0.3) is 0 Å². The van der Waals surface area contributed by atoms with Gasteiger partial charge in [0.15, 0.2) is 0 Å². The lowest BCUT2D eigenvalue weighted by atomic mass is 10.1. The van der Waals surface area contributed by atoms with Crippen molar-refractivity contribution in [2.45, 2.75) is 45.4 Å². The van der Waals surface area contributed by atoms with Crippen LogP contribution < -0.4 is 0 Å². The van der Waals surface area contributed by atoms with Gasteiger partial charge in [0.1, 0.15) is 0 Å². The van der Waals surface area contributed by atoms with E-state index >= 15 is 0 Å². The Bertz CT molecular complexity index is 141. The third-order valence-electron chi connectivity index (χ3n) is 1.87. The van der Waals surface area contributed by atoms with Crippen molar-refractivity contribution in [3.8, 4) is 0 Å². The Kier molecular flexibility index (Phi) is 10.3. The fourth-order valence-corrected chi connectivity index (χ4v) is 1.63. The van der Waals surface area contributed by atoms with E-state index in [9.17, 15) is 4.46 Å². The van der Waals surface area contributed by atoms with Crippen molar-refractivity contribution < 1.29 is 18.4 Å². The zero-order valence-electron chi connectivity index (χ0n) is 9.08. The van der Waals surface area contributed by atoms with Gasteiger partial charge in [0, 0.05) is 0 Å². The van der Waals surface area contributed by atoms with Crippen LogP contribution in [0.25, 0.3) is 0 Å². The normalized spacial score (nSPS) is 9.86. The molecule has 0 aromatic carbocycles. The molecule has 0 aliphatic heterocycles. The number of hydrogen-bond donors (Lipinski definition) is 0. The summed E-state index contributed by atoms with van der Waals surface area (Å²) in [6.07, 6.45) is 7.12. The van der Waals surface area contributed by atoms with Crippen molar-refractivity contribution in [1.29, 1.82) is 0 Å². The standard InChI is InChI=1S/C9H20O4Si/c1-3-4-5-6-7-8-9-12-14(10)13-11-2/h3-9H2,1-2H3. The van der Waals surface area contributed by atoms with Crippen molar-refractivity contribution in [3.05, 3.63) is 0 Å². The number of rotatable bonds is 10. The molecule has 5 heteroatoms. The van der Waals surface area contributed by atoms with Crippen molar-refractivity contribution >= 4 is 9.17 Å². The quantitative estimate of drug-likeness (QED) is 0.245. The maximum atomic E-state index is 10.8. The predicted molar refractivity (Wildman–Crippen MR) is 53.9 cm³/mol. The highest BCUT2D eigenvalue weighted by Gasteiger charge is 2.10. The summed E-state index contributed by atoms with van der Waals surface area (Å²) in [6.45, 7) is 2.69. The molecule has 0 heterocycles. The van der Waals surface area contributed by atoms with E-state index in [-0.39, 0.29) is 0 Å². The van der Waals surface area contributed by atoms with Gasteiger partial charge in [-0.25, -0.2) is 4.89 Å². The largest absolute Gasteiger partial charge is 0.801 e. The van der Waals surface area contributed by atoms with E-state index in [2.05, 4.69) is 16.4 Å². The molecule has 0 aromatic heterocycles. The van der Waals surface area contributed by atoms with Crippen LogP contribution >= 0.6 is 0 Å². The van der Waals surface area contributed by atoms with Crippen LogP contribution in [-0.2, 0) is 18.4 Å². The van der Waals surface area contributed by atoms with E-state index < -0.39 is 9.17 Å². The topological polar surface area (TPSA) is 44.8 Å². The molecule has 84 valence electrons. The first kappa shape index (κ1) is 13.6. The molecule has 0 aliphatic rings. The molecule has 0 aliphatic carbocycles. The molecule has 0 atom stereocenters. The minimum Gasteiger partial charge on any atom is -0.495 e. The monoisotopic (exact) mass is 220 g/mol. The van der Waals surface area contributed by atoms with Crippen molar-refractivity contribution in [3.63, 3.8) is 0 Å². The summed E-state index contributed by atoms with van der Waals surface area (Å²) in [5.41, 5.74) is 0. The minimum atomic E-state index is -2.41. The van der Waals surface area contributed by atoms with Gasteiger partial charge in [-0.15, -0.1) is 0 Å². The second-order valence-electron chi connectivity index (χ2n) is 3.12. The highest BCUT2D eigenvalue weighted by Crippen LogP contribution is 2.04. The molecular formula is C9H20O4Si. The molecule has 0 N–H and O–H groups in total. The lowest BCUT2D eigenvalue weighted by Gasteiger charge is -2.02. The van der Waals surface area contributed by atoms with E-state index in [1.807, 2.05) is 0 Å². The summed E-state index contributed by atoms with van der Waals surface area (Å²) in [6, 6.07) is 0. The Hall–Kier alpha value is -0.423. The van der Waals surface area contributed by atoms with Gasteiger partial charge in [-0.3, -0.25) is 4.46 Å². The molecule has 0 bridgehead atoms. The first-order chi connectivity index (χ1) is 6.81. The van der Waals surface area contributed by atoms with Gasteiger partial charge in [-0.2, -0.15) is 0 Å². The van der Waals surface area contributed by atoms with E-state index in [0.717, 1.165) is 12.8 Å². The van der Waals surface area contributed by atoms with Crippen LogP contribution in [0, 0.1) is 0 Å². The highest BCUT2D eigenvalue weighted by atomic mass is 28.3. The number of hydrogen-bond acceptors (Lipinski definition) is 4. The Morgan fingerprint density at radius 2 is 1.71 bits per heavy atom. The Morgan fingerprint density at radius 1 is 1.07 bits per heavy atom. The minimum absolute atomic E-state index is 0.493. The summed E-state index contributed by atoms with van der Waals surface area (Å²) < 4.78 is 20.0. The van der Waals surface area contributed by atoms with Crippen LogP contribution in [0.5, 0.6) is 0 Å². The van der Waals surface area contributed by atoms with Gasteiger partial charge < -0.3 is 9.00 Å². The van der Waals surface area contributed by atoms with Crippen LogP contribution in [0.1, 0.15) is 45.4 Å². The van der Waals surface area contributed by atoms with E-state index in [0.29, 0.717) is 6.61 Å². The molecule has 0 rings (SSSR count). The zero-order chi connectivity index (χ0) is 10.6. The lowest BCUT2D eigenvalue weighted by molar-refractivity contribution is -0.202. The van der Waals surface area contributed by atoms with Crippen LogP contribution in [0.15, 0.2) is 0 Å². The predicted octanol–water partition coefficient (Wildman–Crippen LogP) is 2.36. The second-order valence-corrected chi connectivity index (χ2v) is 4.07. The van der Waals surface area contributed by atoms with E-state index in [1.165, 1.54) is 32.8 Å². The number of unbranched alkanes of at least 4 members (excludes halogenated alkanes) is 5. The molecule has 4 nitrogen and oxygen atoms in total. The highest BCUT2D eigenvalue weighted by molar-refractivity contribution is 6.25. The first-order valence-corrected chi connectivity index (χ1v) is 6.41. The van der Waals surface area contributed by atoms with Crippen LogP contribution in [0.4, 0.5) is 0 Å². The summed E-state index contributed by atoms with van der Waals surface area (Å²) in [4.78, 5) is 4.22. The average Bonchev–Trinajstić information content (AvgIpc) is 2.17. The Morgan fingerprint density at radius 3 is 2.36 bits per heavy atom. The molecule has 0 unspecified atom stereocenters. The van der Waals surface area contributed by atoms with Gasteiger partial charge in [-0.1, -0.05) is 39.0 Å². The fourth-order valence-electron chi connectivity index (χ4n) is 1.13. The molecule has 0 saturated carbocycles. The van der Waals surface area contributed by atoms with Gasteiger partial charge in [0.05, 0.1) is 13.7 Å². The maximum absolute atomic E-state index is 10.8. The molecule has 0 radical (unpaired) electrons. The maximum Gasteiger partial charge on any atom is 0.801 e. The van der Waals surface area contributed by atoms with Gasteiger partial charge in [0.2, 0.25) is 0 Å². The first-order valence-electron chi connectivity index (χ1n) is 5.18. The van der Waals surface area contributed by atoms with Gasteiger partial charge >= 0.3 is 9.17 Å². The second kappa shape index (κ2) is 10.7. The molecule has 0 aromatic rings. The molecule has 0 amide bonds. The lowest BCUT2D eigenvalue weighted by Crippen LogP contribution is -2.12. The summed E-state index contributed by atoms with van der Waals surface area (Å²) >= 11 is 0. The Balaban J connectivity index is 3.01. The van der Waals surface area contributed by atoms with Crippen LogP contribution in [0.2, 0.25) is 0 Å². The summed E-state index contributed by atoms with van der Waals surface area (Å²) in [7, 11) is -1.09.